The Labute approximate surface area is 224 Å². The van der Waals surface area contributed by atoms with Gasteiger partial charge in [0.1, 0.15) is 11.6 Å². The second kappa shape index (κ2) is 10.8. The molecule has 1 aliphatic heterocycles. The molecular formula is C30H28F2N4O3. The Bertz CT molecular complexity index is 1480. The first-order chi connectivity index (χ1) is 18.7. The number of nitrogens with one attached hydrogen (secondary N) is 1. The Kier molecular flexibility index (Phi) is 7.24. The van der Waals surface area contributed by atoms with Crippen molar-refractivity contribution in [1.29, 1.82) is 0 Å². The fourth-order valence-electron chi connectivity index (χ4n) is 5.06. The highest BCUT2D eigenvalue weighted by Gasteiger charge is 2.44. The summed E-state index contributed by atoms with van der Waals surface area (Å²) in [5.41, 5.74) is 1.61. The van der Waals surface area contributed by atoms with Crippen LogP contribution in [0.1, 0.15) is 53.2 Å². The van der Waals surface area contributed by atoms with Crippen LogP contribution in [-0.2, 0) is 10.2 Å². The van der Waals surface area contributed by atoms with Crippen molar-refractivity contribution in [2.45, 2.75) is 38.1 Å². The molecule has 1 aliphatic rings. The molecule has 9 heteroatoms. The third-order valence-electron chi connectivity index (χ3n) is 7.35. The van der Waals surface area contributed by atoms with E-state index in [1.807, 2.05) is 0 Å². The van der Waals surface area contributed by atoms with Gasteiger partial charge in [0.25, 0.3) is 5.91 Å². The van der Waals surface area contributed by atoms with E-state index in [1.54, 1.807) is 67.3 Å². The predicted molar refractivity (Wildman–Crippen MR) is 141 cm³/mol. The molecule has 0 spiro atoms. The fraction of sp³-hybridized carbons (Fsp3) is 0.267. The van der Waals surface area contributed by atoms with Gasteiger partial charge < -0.3 is 14.7 Å². The van der Waals surface area contributed by atoms with Crippen LogP contribution in [0.5, 0.6) is 0 Å². The van der Waals surface area contributed by atoms with E-state index in [-0.39, 0.29) is 17.6 Å². The van der Waals surface area contributed by atoms with Gasteiger partial charge in [0.05, 0.1) is 11.5 Å². The van der Waals surface area contributed by atoms with Crippen LogP contribution in [0.4, 0.5) is 8.78 Å². The molecule has 39 heavy (non-hydrogen) atoms. The molecule has 0 unspecified atom stereocenters. The number of likely N-dealkylation sites (tertiary alicyclic amines) is 1. The van der Waals surface area contributed by atoms with Gasteiger partial charge in [-0.2, -0.15) is 4.98 Å². The van der Waals surface area contributed by atoms with Crippen molar-refractivity contribution < 1.29 is 22.9 Å². The summed E-state index contributed by atoms with van der Waals surface area (Å²) in [6.45, 7) is 4.18. The number of carbonyl (C=O) groups is 2. The zero-order valence-electron chi connectivity index (χ0n) is 21.7. The summed E-state index contributed by atoms with van der Waals surface area (Å²) >= 11 is 0. The molecule has 1 N–H and O–H groups in total. The molecular weight excluding hydrogens is 502 g/mol. The summed E-state index contributed by atoms with van der Waals surface area (Å²) in [6, 6.07) is 18.6. The molecule has 0 radical (unpaired) electrons. The van der Waals surface area contributed by atoms with Gasteiger partial charge >= 0.3 is 0 Å². The van der Waals surface area contributed by atoms with E-state index in [2.05, 4.69) is 15.5 Å². The predicted octanol–water partition coefficient (Wildman–Crippen LogP) is 5.37. The number of nitrogens with zero attached hydrogens (tertiary/aromatic N) is 3. The second-order valence-corrected chi connectivity index (χ2v) is 9.85. The van der Waals surface area contributed by atoms with Gasteiger partial charge in [-0.3, -0.25) is 9.59 Å². The summed E-state index contributed by atoms with van der Waals surface area (Å²) in [5, 5.41) is 6.92. The molecule has 2 amide bonds. The van der Waals surface area contributed by atoms with Gasteiger partial charge in [-0.15, -0.1) is 0 Å². The van der Waals surface area contributed by atoms with Crippen molar-refractivity contribution in [2.75, 3.05) is 13.1 Å². The number of halogens is 2. The number of aryl methyl sites for hydroxylation is 1. The maximum absolute atomic E-state index is 13.8. The standard InChI is InChI=1S/C30H28F2N4O3/c1-19(23-4-3-5-26(32)18-23)33-29(38)30(24-10-12-25(31)13-11-24)14-16-36(17-15-30)28(37)22-8-6-21(7-9-22)27-34-20(2)39-35-27/h3-13,18-19H,14-17H2,1-2H3,(H,33,38)/t19-/m0/s1. The Hall–Kier alpha value is -4.40. The number of rotatable bonds is 6. The van der Waals surface area contributed by atoms with Crippen LogP contribution in [0.2, 0.25) is 0 Å². The summed E-state index contributed by atoms with van der Waals surface area (Å²) in [6.07, 6.45) is 0.707. The Morgan fingerprint density at radius 1 is 0.974 bits per heavy atom. The fourth-order valence-corrected chi connectivity index (χ4v) is 5.06. The quantitative estimate of drug-likeness (QED) is 0.362. The molecule has 1 atom stereocenters. The lowest BCUT2D eigenvalue weighted by Gasteiger charge is -2.41. The lowest BCUT2D eigenvalue weighted by atomic mass is 9.71. The lowest BCUT2D eigenvalue weighted by molar-refractivity contribution is -0.129. The SMILES string of the molecule is Cc1nc(-c2ccc(C(=O)N3CCC(C(=O)N[C@@H](C)c4cccc(F)c4)(c4ccc(F)cc4)CC3)cc2)no1. The molecule has 3 aromatic carbocycles. The minimum atomic E-state index is -0.966. The highest BCUT2D eigenvalue weighted by atomic mass is 19.1. The summed E-state index contributed by atoms with van der Waals surface area (Å²) < 4.78 is 32.5. The number of piperidine rings is 1. The highest BCUT2D eigenvalue weighted by Crippen LogP contribution is 2.37. The normalized spacial score (nSPS) is 15.5. The van der Waals surface area contributed by atoms with Crippen molar-refractivity contribution >= 4 is 11.8 Å². The lowest BCUT2D eigenvalue weighted by Crippen LogP contribution is -2.53. The minimum absolute atomic E-state index is 0.146. The van der Waals surface area contributed by atoms with Gasteiger partial charge in [0.15, 0.2) is 0 Å². The average molecular weight is 531 g/mol. The van der Waals surface area contributed by atoms with E-state index in [9.17, 15) is 18.4 Å². The van der Waals surface area contributed by atoms with Gasteiger partial charge in [-0.05, 0) is 67.3 Å². The average Bonchev–Trinajstić information content (AvgIpc) is 3.39. The third kappa shape index (κ3) is 5.43. The number of benzene rings is 3. The number of hydrogen-bond donors (Lipinski definition) is 1. The molecule has 1 saturated heterocycles. The molecule has 7 nitrogen and oxygen atoms in total. The summed E-state index contributed by atoms with van der Waals surface area (Å²) in [4.78, 5) is 33.0. The number of amides is 2. The van der Waals surface area contributed by atoms with E-state index in [0.29, 0.717) is 54.3 Å². The van der Waals surface area contributed by atoms with E-state index < -0.39 is 17.3 Å². The molecule has 200 valence electrons. The maximum atomic E-state index is 13.8. The van der Waals surface area contributed by atoms with Gasteiger partial charge in [0, 0.05) is 31.1 Å². The Morgan fingerprint density at radius 2 is 1.67 bits per heavy atom. The molecule has 1 fully saturated rings. The van der Waals surface area contributed by atoms with E-state index >= 15 is 0 Å². The topological polar surface area (TPSA) is 88.3 Å². The third-order valence-corrected chi connectivity index (χ3v) is 7.35. The monoisotopic (exact) mass is 530 g/mol. The van der Waals surface area contributed by atoms with E-state index in [0.717, 1.165) is 5.56 Å². The molecule has 2 heterocycles. The Balaban J connectivity index is 1.33. The van der Waals surface area contributed by atoms with Crippen molar-refractivity contribution in [3.63, 3.8) is 0 Å². The van der Waals surface area contributed by atoms with Crippen molar-refractivity contribution in [1.82, 2.24) is 20.4 Å². The van der Waals surface area contributed by atoms with Gasteiger partial charge in [-0.1, -0.05) is 41.6 Å². The molecule has 4 aromatic rings. The zero-order valence-corrected chi connectivity index (χ0v) is 21.7. The minimum Gasteiger partial charge on any atom is -0.349 e. The van der Waals surface area contributed by atoms with Gasteiger partial charge in [0.2, 0.25) is 17.6 Å². The largest absolute Gasteiger partial charge is 0.349 e. The van der Waals surface area contributed by atoms with Crippen LogP contribution in [0, 0.1) is 18.6 Å². The number of aromatic nitrogens is 2. The second-order valence-electron chi connectivity index (χ2n) is 9.85. The smallest absolute Gasteiger partial charge is 0.253 e. The summed E-state index contributed by atoms with van der Waals surface area (Å²) in [7, 11) is 0. The van der Waals surface area contributed by atoms with Crippen LogP contribution >= 0.6 is 0 Å². The molecule has 0 bridgehead atoms. The number of carbonyl (C=O) groups excluding carboxylic acids is 2. The first-order valence-corrected chi connectivity index (χ1v) is 12.8. The molecule has 0 saturated carbocycles. The van der Waals surface area contributed by atoms with Gasteiger partial charge in [-0.25, -0.2) is 8.78 Å². The summed E-state index contributed by atoms with van der Waals surface area (Å²) in [5.74, 6) is -0.252. The van der Waals surface area contributed by atoms with Crippen LogP contribution in [0.3, 0.4) is 0 Å². The van der Waals surface area contributed by atoms with Crippen molar-refractivity contribution in [2.24, 2.45) is 0 Å². The molecule has 0 aliphatic carbocycles. The van der Waals surface area contributed by atoms with Crippen molar-refractivity contribution in [3.8, 4) is 11.4 Å². The van der Waals surface area contributed by atoms with E-state index in [1.165, 1.54) is 24.3 Å². The van der Waals surface area contributed by atoms with Crippen LogP contribution in [-0.4, -0.2) is 39.9 Å². The maximum Gasteiger partial charge on any atom is 0.253 e. The zero-order chi connectivity index (χ0) is 27.6. The van der Waals surface area contributed by atoms with Crippen molar-refractivity contribution in [3.05, 3.63) is 107 Å². The first-order valence-electron chi connectivity index (χ1n) is 12.8. The molecule has 1 aromatic heterocycles. The van der Waals surface area contributed by atoms with Crippen LogP contribution in [0.15, 0.2) is 77.3 Å². The van der Waals surface area contributed by atoms with Crippen LogP contribution in [0.25, 0.3) is 11.4 Å². The Morgan fingerprint density at radius 3 is 2.28 bits per heavy atom. The number of hydrogen-bond acceptors (Lipinski definition) is 5. The first kappa shape index (κ1) is 26.2. The molecule has 5 rings (SSSR count). The highest BCUT2D eigenvalue weighted by molar-refractivity contribution is 5.95. The van der Waals surface area contributed by atoms with Crippen LogP contribution < -0.4 is 5.32 Å². The van der Waals surface area contributed by atoms with E-state index in [4.69, 9.17) is 4.52 Å².